The Hall–Kier alpha value is -1.07. The van der Waals surface area contributed by atoms with Crippen LogP contribution in [0.2, 0.25) is 15.1 Å². The van der Waals surface area contributed by atoms with Gasteiger partial charge in [0.15, 0.2) is 0 Å². The fourth-order valence-electron chi connectivity index (χ4n) is 3.12. The smallest absolute Gasteiger partial charge is 0.142 e. The minimum atomic E-state index is 0.432. The summed E-state index contributed by atoms with van der Waals surface area (Å²) >= 11 is 20.2. The molecule has 124 valence electrons. The van der Waals surface area contributed by atoms with E-state index in [0.717, 1.165) is 34.8 Å². The van der Waals surface area contributed by atoms with Crippen LogP contribution in [0.1, 0.15) is 23.8 Å². The predicted molar refractivity (Wildman–Crippen MR) is 103 cm³/mol. The monoisotopic (exact) mass is 397 g/mol. The highest BCUT2D eigenvalue weighted by Gasteiger charge is 2.23. The van der Waals surface area contributed by atoms with Gasteiger partial charge in [0.05, 0.1) is 26.1 Å². The summed E-state index contributed by atoms with van der Waals surface area (Å²) in [6.07, 6.45) is 4.96. The van der Waals surface area contributed by atoms with Gasteiger partial charge in [0.25, 0.3) is 0 Å². The Morgan fingerprint density at radius 3 is 2.75 bits per heavy atom. The Kier molecular flexibility index (Phi) is 4.33. The lowest BCUT2D eigenvalue weighted by Gasteiger charge is -2.18. The van der Waals surface area contributed by atoms with Crippen LogP contribution < -0.4 is 5.32 Å². The first-order valence-electron chi connectivity index (χ1n) is 7.69. The largest absolute Gasteiger partial charge is 0.338 e. The number of rotatable bonds is 2. The molecule has 0 aliphatic heterocycles. The molecule has 1 aliphatic rings. The third-order valence-corrected chi connectivity index (χ3v) is 6.55. The summed E-state index contributed by atoms with van der Waals surface area (Å²) in [6.45, 7) is 2.30. The van der Waals surface area contributed by atoms with Gasteiger partial charge >= 0.3 is 0 Å². The van der Waals surface area contributed by atoms with Crippen molar-refractivity contribution in [2.45, 2.75) is 26.2 Å². The maximum absolute atomic E-state index is 6.29. The van der Waals surface area contributed by atoms with Crippen LogP contribution in [-0.4, -0.2) is 9.97 Å². The van der Waals surface area contributed by atoms with Crippen molar-refractivity contribution in [2.75, 3.05) is 5.32 Å². The van der Waals surface area contributed by atoms with Gasteiger partial charge in [0.1, 0.15) is 17.0 Å². The lowest BCUT2D eigenvalue weighted by atomic mass is 9.89. The number of aromatic nitrogens is 2. The van der Waals surface area contributed by atoms with E-state index in [4.69, 9.17) is 34.8 Å². The van der Waals surface area contributed by atoms with Crippen LogP contribution in [0, 0.1) is 5.92 Å². The molecule has 0 saturated heterocycles. The van der Waals surface area contributed by atoms with Gasteiger partial charge < -0.3 is 5.32 Å². The number of thiophene rings is 1. The second kappa shape index (κ2) is 6.34. The lowest BCUT2D eigenvalue weighted by molar-refractivity contribution is 0.509. The molecule has 0 amide bonds. The summed E-state index contributed by atoms with van der Waals surface area (Å²) in [5, 5.41) is 5.81. The van der Waals surface area contributed by atoms with Crippen LogP contribution in [0.15, 0.2) is 18.5 Å². The molecule has 2 heterocycles. The molecular formula is C17H14Cl3N3S. The third-order valence-electron chi connectivity index (χ3n) is 4.35. The minimum Gasteiger partial charge on any atom is -0.338 e. The Morgan fingerprint density at radius 2 is 1.92 bits per heavy atom. The molecule has 1 N–H and O–H groups in total. The summed E-state index contributed by atoms with van der Waals surface area (Å²) < 4.78 is 0. The molecule has 0 bridgehead atoms. The van der Waals surface area contributed by atoms with Crippen molar-refractivity contribution in [3.63, 3.8) is 0 Å². The number of aryl methyl sites for hydroxylation is 1. The minimum absolute atomic E-state index is 0.432. The molecule has 4 rings (SSSR count). The highest BCUT2D eigenvalue weighted by molar-refractivity contribution is 7.19. The molecule has 1 aromatic carbocycles. The van der Waals surface area contributed by atoms with E-state index in [0.29, 0.717) is 20.8 Å². The second-order valence-corrected chi connectivity index (χ2v) is 8.43. The van der Waals surface area contributed by atoms with Gasteiger partial charge in [0, 0.05) is 4.88 Å². The number of nitrogens with one attached hydrogen (secondary N) is 1. The average molecular weight is 399 g/mol. The van der Waals surface area contributed by atoms with Crippen LogP contribution in [0.25, 0.3) is 10.2 Å². The van der Waals surface area contributed by atoms with Gasteiger partial charge in [-0.1, -0.05) is 41.7 Å². The molecule has 0 spiro atoms. The molecule has 1 unspecified atom stereocenters. The molecule has 1 atom stereocenters. The topological polar surface area (TPSA) is 37.8 Å². The van der Waals surface area contributed by atoms with E-state index in [1.165, 1.54) is 16.9 Å². The average Bonchev–Trinajstić information content (AvgIpc) is 2.90. The van der Waals surface area contributed by atoms with E-state index in [2.05, 4.69) is 22.2 Å². The fraction of sp³-hybridized carbons (Fsp3) is 0.294. The van der Waals surface area contributed by atoms with Gasteiger partial charge in [-0.15, -0.1) is 11.3 Å². The van der Waals surface area contributed by atoms with E-state index in [1.54, 1.807) is 29.8 Å². The number of nitrogens with zero attached hydrogens (tertiary/aromatic N) is 2. The molecule has 0 fully saturated rings. The molecule has 24 heavy (non-hydrogen) atoms. The highest BCUT2D eigenvalue weighted by atomic mass is 35.5. The SMILES string of the molecule is CC1CCc2c(sc3ncnc(Nc4cc(Cl)c(Cl)cc4Cl)c23)C1. The third kappa shape index (κ3) is 2.86. The van der Waals surface area contributed by atoms with E-state index < -0.39 is 0 Å². The van der Waals surface area contributed by atoms with Crippen molar-refractivity contribution in [2.24, 2.45) is 5.92 Å². The molecule has 3 nitrogen and oxygen atoms in total. The van der Waals surface area contributed by atoms with E-state index in [1.807, 2.05) is 0 Å². The Morgan fingerprint density at radius 1 is 1.12 bits per heavy atom. The van der Waals surface area contributed by atoms with E-state index in [-0.39, 0.29) is 0 Å². The molecular weight excluding hydrogens is 385 g/mol. The zero-order chi connectivity index (χ0) is 16.8. The van der Waals surface area contributed by atoms with Crippen LogP contribution >= 0.6 is 46.1 Å². The van der Waals surface area contributed by atoms with Crippen molar-refractivity contribution < 1.29 is 0 Å². The van der Waals surface area contributed by atoms with Crippen LogP contribution in [0.5, 0.6) is 0 Å². The number of anilines is 2. The van der Waals surface area contributed by atoms with Gasteiger partial charge in [0.2, 0.25) is 0 Å². The fourth-order valence-corrected chi connectivity index (χ4v) is 5.06. The molecule has 3 aromatic rings. The zero-order valence-electron chi connectivity index (χ0n) is 12.9. The van der Waals surface area contributed by atoms with Crippen molar-refractivity contribution >= 4 is 67.9 Å². The van der Waals surface area contributed by atoms with Gasteiger partial charge in [-0.25, -0.2) is 9.97 Å². The standard InChI is InChI=1S/C17H14Cl3N3S/c1-8-2-3-9-14(4-8)24-17-15(9)16(21-7-22-17)23-13-6-11(19)10(18)5-12(13)20/h5-8H,2-4H2,1H3,(H,21,22,23). The normalized spacial score (nSPS) is 17.1. The summed E-state index contributed by atoms with van der Waals surface area (Å²) in [6, 6.07) is 3.36. The van der Waals surface area contributed by atoms with Crippen molar-refractivity contribution in [3.05, 3.63) is 44.0 Å². The van der Waals surface area contributed by atoms with Gasteiger partial charge in [-0.05, 0) is 42.9 Å². The molecule has 2 aromatic heterocycles. The number of hydrogen-bond acceptors (Lipinski definition) is 4. The van der Waals surface area contributed by atoms with Gasteiger partial charge in [-0.3, -0.25) is 0 Å². The highest BCUT2D eigenvalue weighted by Crippen LogP contribution is 2.41. The number of fused-ring (bicyclic) bond motifs is 3. The first kappa shape index (κ1) is 16.4. The van der Waals surface area contributed by atoms with Crippen molar-refractivity contribution in [1.29, 1.82) is 0 Å². The lowest BCUT2D eigenvalue weighted by Crippen LogP contribution is -2.09. The number of halogens is 3. The molecule has 0 saturated carbocycles. The quantitative estimate of drug-likeness (QED) is 0.499. The summed E-state index contributed by atoms with van der Waals surface area (Å²) in [5.74, 6) is 1.49. The van der Waals surface area contributed by atoms with Gasteiger partial charge in [-0.2, -0.15) is 0 Å². The predicted octanol–water partition coefficient (Wildman–Crippen LogP) is 6.52. The Labute approximate surface area is 159 Å². The summed E-state index contributed by atoms with van der Waals surface area (Å²) in [4.78, 5) is 11.3. The Bertz CT molecular complexity index is 938. The van der Waals surface area contributed by atoms with E-state index >= 15 is 0 Å². The molecule has 0 radical (unpaired) electrons. The number of benzene rings is 1. The van der Waals surface area contributed by atoms with Crippen molar-refractivity contribution in [3.8, 4) is 0 Å². The second-order valence-electron chi connectivity index (χ2n) is 6.13. The first-order chi connectivity index (χ1) is 11.5. The molecule has 1 aliphatic carbocycles. The molecule has 7 heteroatoms. The first-order valence-corrected chi connectivity index (χ1v) is 9.64. The van der Waals surface area contributed by atoms with Crippen LogP contribution in [-0.2, 0) is 12.8 Å². The van der Waals surface area contributed by atoms with Crippen molar-refractivity contribution in [1.82, 2.24) is 9.97 Å². The van der Waals surface area contributed by atoms with Crippen LogP contribution in [0.4, 0.5) is 11.5 Å². The maximum Gasteiger partial charge on any atom is 0.142 e. The Balaban J connectivity index is 1.82. The summed E-state index contributed by atoms with van der Waals surface area (Å²) in [5.41, 5.74) is 2.06. The maximum atomic E-state index is 6.29. The number of hydrogen-bond donors (Lipinski definition) is 1. The summed E-state index contributed by atoms with van der Waals surface area (Å²) in [7, 11) is 0. The van der Waals surface area contributed by atoms with E-state index in [9.17, 15) is 0 Å². The zero-order valence-corrected chi connectivity index (χ0v) is 16.0. The van der Waals surface area contributed by atoms with Crippen LogP contribution in [0.3, 0.4) is 0 Å².